The van der Waals surface area contributed by atoms with Crippen molar-refractivity contribution in [3.8, 4) is 6.07 Å². The number of allylic oxidation sites excluding steroid dienone is 1. The average Bonchev–Trinajstić information content (AvgIpc) is 2.59. The maximum absolute atomic E-state index is 12.2. The van der Waals surface area contributed by atoms with Gasteiger partial charge in [0.15, 0.2) is 6.61 Å². The molecule has 1 atom stereocenters. The number of benzene rings is 1. The molecule has 0 aliphatic carbocycles. The minimum absolute atomic E-state index is 0.162. The van der Waals surface area contributed by atoms with Crippen molar-refractivity contribution in [2.24, 2.45) is 0 Å². The predicted molar refractivity (Wildman–Crippen MR) is 92.3 cm³/mol. The minimum Gasteiger partial charge on any atom is -0.449 e. The van der Waals surface area contributed by atoms with Crippen LogP contribution in [0.2, 0.25) is 5.02 Å². The Bertz CT molecular complexity index is 608. The van der Waals surface area contributed by atoms with Crippen molar-refractivity contribution in [1.29, 1.82) is 5.26 Å². The number of rotatable bonds is 9. The molecule has 1 aromatic carbocycles. The second-order valence-corrected chi connectivity index (χ2v) is 5.72. The summed E-state index contributed by atoms with van der Waals surface area (Å²) in [5.41, 5.74) is 1.00. The van der Waals surface area contributed by atoms with Crippen molar-refractivity contribution >= 4 is 23.5 Å². The summed E-state index contributed by atoms with van der Waals surface area (Å²) in [4.78, 5) is 25.7. The Morgan fingerprint density at radius 1 is 1.42 bits per heavy atom. The van der Waals surface area contributed by atoms with Crippen molar-refractivity contribution in [2.75, 3.05) is 13.7 Å². The summed E-state index contributed by atoms with van der Waals surface area (Å²) in [5.74, 6) is -0.732. The third-order valence-corrected chi connectivity index (χ3v) is 3.85. The molecule has 0 spiro atoms. The van der Waals surface area contributed by atoms with Crippen LogP contribution in [-0.4, -0.2) is 36.5 Å². The Balaban J connectivity index is 2.77. The molecule has 0 bridgehead atoms. The molecule has 0 saturated carbocycles. The van der Waals surface area contributed by atoms with Crippen LogP contribution < -0.4 is 0 Å². The Kier molecular flexibility index (Phi) is 8.59. The monoisotopic (exact) mass is 348 g/mol. The number of amides is 1. The number of likely N-dealkylation sites (N-methyl/N-ethyl adjacent to an activating group) is 1. The van der Waals surface area contributed by atoms with Gasteiger partial charge in [0.2, 0.25) is 5.91 Å². The van der Waals surface area contributed by atoms with E-state index in [0.717, 1.165) is 5.56 Å². The minimum atomic E-state index is -0.730. The van der Waals surface area contributed by atoms with Crippen LogP contribution in [0.25, 0.3) is 0 Å². The van der Waals surface area contributed by atoms with Crippen LogP contribution in [0.4, 0.5) is 0 Å². The summed E-state index contributed by atoms with van der Waals surface area (Å²) in [7, 11) is 1.57. The number of hydrogen-bond acceptors (Lipinski definition) is 4. The molecule has 0 unspecified atom stereocenters. The number of halogens is 1. The molecule has 0 radical (unpaired) electrons. The number of aryl methyl sites for hydroxylation is 1. The van der Waals surface area contributed by atoms with Gasteiger partial charge in [-0.1, -0.05) is 29.8 Å². The largest absolute Gasteiger partial charge is 0.449 e. The van der Waals surface area contributed by atoms with E-state index in [0.29, 0.717) is 24.3 Å². The van der Waals surface area contributed by atoms with E-state index >= 15 is 0 Å². The SMILES string of the molecule is C=CCCC(=O)N(C)[C@@H](CCc1ccc(Cl)cc1)C(=O)OCC#N. The maximum atomic E-state index is 12.2. The molecule has 1 rings (SSSR count). The van der Waals surface area contributed by atoms with Gasteiger partial charge in [0, 0.05) is 18.5 Å². The first-order valence-corrected chi connectivity index (χ1v) is 8.02. The van der Waals surface area contributed by atoms with Crippen LogP contribution in [0, 0.1) is 11.3 Å². The fourth-order valence-corrected chi connectivity index (χ4v) is 2.33. The van der Waals surface area contributed by atoms with Gasteiger partial charge in [0.05, 0.1) is 0 Å². The maximum Gasteiger partial charge on any atom is 0.329 e. The van der Waals surface area contributed by atoms with E-state index in [1.54, 1.807) is 31.3 Å². The molecule has 128 valence electrons. The van der Waals surface area contributed by atoms with E-state index in [2.05, 4.69) is 6.58 Å². The molecule has 0 aliphatic rings. The fraction of sp³-hybridized carbons (Fsp3) is 0.389. The third-order valence-electron chi connectivity index (χ3n) is 3.59. The number of esters is 1. The zero-order valence-electron chi connectivity index (χ0n) is 13.7. The van der Waals surface area contributed by atoms with Crippen molar-refractivity contribution in [3.63, 3.8) is 0 Å². The van der Waals surface area contributed by atoms with E-state index in [-0.39, 0.29) is 18.9 Å². The van der Waals surface area contributed by atoms with Crippen molar-refractivity contribution in [1.82, 2.24) is 4.90 Å². The average molecular weight is 349 g/mol. The highest BCUT2D eigenvalue weighted by Crippen LogP contribution is 2.15. The summed E-state index contributed by atoms with van der Waals surface area (Å²) in [6, 6.07) is 8.33. The quantitative estimate of drug-likeness (QED) is 0.507. The summed E-state index contributed by atoms with van der Waals surface area (Å²) < 4.78 is 4.90. The van der Waals surface area contributed by atoms with Crippen LogP contribution in [0.5, 0.6) is 0 Å². The van der Waals surface area contributed by atoms with Crippen LogP contribution in [0.3, 0.4) is 0 Å². The van der Waals surface area contributed by atoms with E-state index in [4.69, 9.17) is 21.6 Å². The second-order valence-electron chi connectivity index (χ2n) is 5.28. The van der Waals surface area contributed by atoms with Gasteiger partial charge in [-0.3, -0.25) is 4.79 Å². The molecular formula is C18H21ClN2O3. The lowest BCUT2D eigenvalue weighted by atomic mass is 10.0. The smallest absolute Gasteiger partial charge is 0.329 e. The fourth-order valence-electron chi connectivity index (χ4n) is 2.20. The topological polar surface area (TPSA) is 70.4 Å². The van der Waals surface area contributed by atoms with Gasteiger partial charge in [-0.15, -0.1) is 6.58 Å². The first-order chi connectivity index (χ1) is 11.5. The molecule has 1 aromatic rings. The number of carbonyl (C=O) groups excluding carboxylic acids is 2. The number of nitrogens with zero attached hydrogens (tertiary/aromatic N) is 2. The van der Waals surface area contributed by atoms with Crippen LogP contribution in [0.1, 0.15) is 24.8 Å². The molecule has 0 fully saturated rings. The Labute approximate surface area is 147 Å². The molecule has 0 heterocycles. The van der Waals surface area contributed by atoms with Gasteiger partial charge < -0.3 is 9.64 Å². The van der Waals surface area contributed by atoms with Crippen LogP contribution >= 0.6 is 11.6 Å². The zero-order valence-corrected chi connectivity index (χ0v) is 14.5. The molecular weight excluding hydrogens is 328 g/mol. The van der Waals surface area contributed by atoms with E-state index in [1.807, 2.05) is 12.1 Å². The zero-order chi connectivity index (χ0) is 17.9. The highest BCUT2D eigenvalue weighted by atomic mass is 35.5. The first kappa shape index (κ1) is 19.7. The summed E-state index contributed by atoms with van der Waals surface area (Å²) in [6.07, 6.45) is 3.47. The van der Waals surface area contributed by atoms with E-state index in [1.165, 1.54) is 4.90 Å². The molecule has 0 aliphatic heterocycles. The molecule has 24 heavy (non-hydrogen) atoms. The summed E-state index contributed by atoms with van der Waals surface area (Å²) >= 11 is 5.86. The number of ether oxygens (including phenoxy) is 1. The molecule has 0 aromatic heterocycles. The number of hydrogen-bond donors (Lipinski definition) is 0. The highest BCUT2D eigenvalue weighted by Gasteiger charge is 2.27. The van der Waals surface area contributed by atoms with Crippen LogP contribution in [-0.2, 0) is 20.7 Å². The lowest BCUT2D eigenvalue weighted by Gasteiger charge is -2.26. The molecule has 6 heteroatoms. The first-order valence-electron chi connectivity index (χ1n) is 7.64. The van der Waals surface area contributed by atoms with Crippen LogP contribution in [0.15, 0.2) is 36.9 Å². The van der Waals surface area contributed by atoms with Crippen molar-refractivity contribution in [3.05, 3.63) is 47.5 Å². The van der Waals surface area contributed by atoms with Gasteiger partial charge in [-0.05, 0) is 37.0 Å². The van der Waals surface area contributed by atoms with Gasteiger partial charge in [0.1, 0.15) is 12.1 Å². The number of nitriles is 1. The summed E-state index contributed by atoms with van der Waals surface area (Å²) in [6.45, 7) is 3.26. The van der Waals surface area contributed by atoms with E-state index < -0.39 is 12.0 Å². The van der Waals surface area contributed by atoms with Gasteiger partial charge >= 0.3 is 5.97 Å². The Hall–Kier alpha value is -2.32. The lowest BCUT2D eigenvalue weighted by molar-refractivity contribution is -0.153. The Morgan fingerprint density at radius 3 is 2.67 bits per heavy atom. The Morgan fingerprint density at radius 2 is 2.08 bits per heavy atom. The van der Waals surface area contributed by atoms with E-state index in [9.17, 15) is 9.59 Å². The van der Waals surface area contributed by atoms with Crippen molar-refractivity contribution in [2.45, 2.75) is 31.7 Å². The molecule has 5 nitrogen and oxygen atoms in total. The molecule has 1 amide bonds. The standard InChI is InChI=1S/C18H21ClN2O3/c1-3-4-5-17(22)21(2)16(18(23)24-13-12-20)11-8-14-6-9-15(19)10-7-14/h3,6-7,9-10,16H,1,4-5,8,11,13H2,2H3/t16-/m0/s1. The molecule has 0 saturated heterocycles. The second kappa shape index (κ2) is 10.5. The van der Waals surface area contributed by atoms with Crippen molar-refractivity contribution < 1.29 is 14.3 Å². The third kappa shape index (κ3) is 6.43. The van der Waals surface area contributed by atoms with Gasteiger partial charge in [0.25, 0.3) is 0 Å². The normalized spacial score (nSPS) is 11.2. The molecule has 0 N–H and O–H groups in total. The highest BCUT2D eigenvalue weighted by molar-refractivity contribution is 6.30. The summed E-state index contributed by atoms with van der Waals surface area (Å²) in [5, 5.41) is 9.20. The predicted octanol–water partition coefficient (Wildman–Crippen LogP) is 3.13. The van der Waals surface area contributed by atoms with Gasteiger partial charge in [-0.2, -0.15) is 5.26 Å². The number of carbonyl (C=O) groups is 2. The van der Waals surface area contributed by atoms with Gasteiger partial charge in [-0.25, -0.2) is 4.79 Å². The lowest BCUT2D eigenvalue weighted by Crippen LogP contribution is -2.43.